The highest BCUT2D eigenvalue weighted by Gasteiger charge is 2.29. The molecule has 1 N–H and O–H groups in total. The van der Waals surface area contributed by atoms with Crippen LogP contribution in [-0.4, -0.2) is 19.6 Å². The van der Waals surface area contributed by atoms with Crippen molar-refractivity contribution in [3.8, 4) is 0 Å². The zero-order chi connectivity index (χ0) is 13.1. The Morgan fingerprint density at radius 3 is 2.89 bits per heavy atom. The van der Waals surface area contributed by atoms with Crippen LogP contribution in [0.5, 0.6) is 0 Å². The first-order chi connectivity index (χ1) is 8.63. The van der Waals surface area contributed by atoms with E-state index in [1.54, 1.807) is 6.07 Å². The minimum atomic E-state index is -0.843. The van der Waals surface area contributed by atoms with Gasteiger partial charge in [0.15, 0.2) is 0 Å². The van der Waals surface area contributed by atoms with E-state index in [-0.39, 0.29) is 10.6 Å². The van der Waals surface area contributed by atoms with E-state index < -0.39 is 17.8 Å². The number of ether oxygens (including phenoxy) is 1. The van der Waals surface area contributed by atoms with E-state index >= 15 is 0 Å². The van der Waals surface area contributed by atoms with Gasteiger partial charge in [-0.3, -0.25) is 0 Å². The molecule has 1 aromatic carbocycles. The van der Waals surface area contributed by atoms with Crippen LogP contribution in [0.4, 0.5) is 4.39 Å². The SMILES string of the molecule is COC(=O)C(NCC1CC1)c1c(F)cccc1Cl. The number of benzene rings is 1. The van der Waals surface area contributed by atoms with E-state index in [0.717, 1.165) is 12.8 Å². The second-order valence-corrected chi connectivity index (χ2v) is 4.85. The normalized spacial score (nSPS) is 16.4. The standard InChI is InChI=1S/C13H15ClFNO2/c1-18-13(17)12(16-7-8-5-6-8)11-9(14)3-2-4-10(11)15/h2-4,8,12,16H,5-7H2,1H3. The molecule has 1 fully saturated rings. The highest BCUT2D eigenvalue weighted by Crippen LogP contribution is 2.31. The van der Waals surface area contributed by atoms with Crippen molar-refractivity contribution in [3.05, 3.63) is 34.6 Å². The first-order valence-electron chi connectivity index (χ1n) is 5.88. The van der Waals surface area contributed by atoms with Crippen molar-refractivity contribution in [1.29, 1.82) is 0 Å². The molecule has 0 bridgehead atoms. The molecular weight excluding hydrogens is 257 g/mol. The zero-order valence-electron chi connectivity index (χ0n) is 10.1. The molecule has 0 amide bonds. The first-order valence-corrected chi connectivity index (χ1v) is 6.26. The Morgan fingerprint density at radius 2 is 2.33 bits per heavy atom. The smallest absolute Gasteiger partial charge is 0.327 e. The Balaban J connectivity index is 2.22. The lowest BCUT2D eigenvalue weighted by Gasteiger charge is -2.18. The molecule has 0 saturated heterocycles. The number of carbonyl (C=O) groups excluding carboxylic acids is 1. The molecule has 1 atom stereocenters. The van der Waals surface area contributed by atoms with Crippen LogP contribution in [0, 0.1) is 11.7 Å². The summed E-state index contributed by atoms with van der Waals surface area (Å²) < 4.78 is 18.5. The Labute approximate surface area is 110 Å². The number of esters is 1. The van der Waals surface area contributed by atoms with E-state index in [1.165, 1.54) is 19.2 Å². The third-order valence-corrected chi connectivity index (χ3v) is 3.36. The fourth-order valence-electron chi connectivity index (χ4n) is 1.81. The minimum absolute atomic E-state index is 0.159. The molecule has 0 radical (unpaired) electrons. The molecule has 18 heavy (non-hydrogen) atoms. The molecule has 3 nitrogen and oxygen atoms in total. The Morgan fingerprint density at radius 1 is 1.61 bits per heavy atom. The van der Waals surface area contributed by atoms with Crippen LogP contribution in [0.3, 0.4) is 0 Å². The van der Waals surface area contributed by atoms with Gasteiger partial charge in [0.1, 0.15) is 11.9 Å². The third kappa shape index (κ3) is 3.00. The molecule has 0 aliphatic heterocycles. The van der Waals surface area contributed by atoms with Crippen molar-refractivity contribution in [2.75, 3.05) is 13.7 Å². The first kappa shape index (κ1) is 13.3. The van der Waals surface area contributed by atoms with Crippen LogP contribution in [0.15, 0.2) is 18.2 Å². The summed E-state index contributed by atoms with van der Waals surface area (Å²) in [7, 11) is 1.28. The van der Waals surface area contributed by atoms with Gasteiger partial charge in [0.25, 0.3) is 0 Å². The quantitative estimate of drug-likeness (QED) is 0.837. The molecule has 0 spiro atoms. The number of methoxy groups -OCH3 is 1. The van der Waals surface area contributed by atoms with Gasteiger partial charge in [-0.15, -0.1) is 0 Å². The second-order valence-electron chi connectivity index (χ2n) is 4.44. The van der Waals surface area contributed by atoms with E-state index in [2.05, 4.69) is 5.32 Å². The maximum absolute atomic E-state index is 13.8. The van der Waals surface area contributed by atoms with Gasteiger partial charge >= 0.3 is 5.97 Å². The van der Waals surface area contributed by atoms with Crippen molar-refractivity contribution in [3.63, 3.8) is 0 Å². The largest absolute Gasteiger partial charge is 0.468 e. The molecule has 2 rings (SSSR count). The number of carbonyl (C=O) groups is 1. The Kier molecular flexibility index (Phi) is 4.19. The summed E-state index contributed by atoms with van der Waals surface area (Å²) in [6.07, 6.45) is 2.29. The molecule has 1 saturated carbocycles. The maximum Gasteiger partial charge on any atom is 0.327 e. The van der Waals surface area contributed by atoms with Gasteiger partial charge in [-0.1, -0.05) is 17.7 Å². The van der Waals surface area contributed by atoms with Gasteiger partial charge < -0.3 is 10.1 Å². The lowest BCUT2D eigenvalue weighted by molar-refractivity contribution is -0.143. The van der Waals surface area contributed by atoms with Gasteiger partial charge in [-0.25, -0.2) is 9.18 Å². The molecule has 1 aromatic rings. The van der Waals surface area contributed by atoms with Crippen LogP contribution in [0.1, 0.15) is 24.4 Å². The summed E-state index contributed by atoms with van der Waals surface area (Å²) in [5, 5.41) is 3.26. The highest BCUT2D eigenvalue weighted by atomic mass is 35.5. The van der Waals surface area contributed by atoms with Gasteiger partial charge in [0, 0.05) is 10.6 Å². The molecular formula is C13H15ClFNO2. The average molecular weight is 272 g/mol. The van der Waals surface area contributed by atoms with Crippen LogP contribution < -0.4 is 5.32 Å². The average Bonchev–Trinajstić information content (AvgIpc) is 3.16. The number of rotatable bonds is 5. The Hall–Kier alpha value is -1.13. The van der Waals surface area contributed by atoms with Crippen molar-refractivity contribution >= 4 is 17.6 Å². The number of nitrogens with one attached hydrogen (secondary N) is 1. The van der Waals surface area contributed by atoms with Crippen LogP contribution in [-0.2, 0) is 9.53 Å². The topological polar surface area (TPSA) is 38.3 Å². The van der Waals surface area contributed by atoms with E-state index in [9.17, 15) is 9.18 Å². The fourth-order valence-corrected chi connectivity index (χ4v) is 2.09. The Bertz CT molecular complexity index is 428. The maximum atomic E-state index is 13.8. The predicted molar refractivity (Wildman–Crippen MR) is 66.9 cm³/mol. The van der Waals surface area contributed by atoms with Crippen molar-refractivity contribution in [2.24, 2.45) is 5.92 Å². The molecule has 1 aliphatic rings. The van der Waals surface area contributed by atoms with Gasteiger partial charge in [0.05, 0.1) is 7.11 Å². The van der Waals surface area contributed by atoms with E-state index in [1.807, 2.05) is 0 Å². The van der Waals surface area contributed by atoms with Crippen LogP contribution in [0.2, 0.25) is 5.02 Å². The number of hydrogen-bond acceptors (Lipinski definition) is 3. The molecule has 98 valence electrons. The summed E-state index contributed by atoms with van der Waals surface area (Å²) in [6, 6.07) is 3.52. The highest BCUT2D eigenvalue weighted by molar-refractivity contribution is 6.31. The predicted octanol–water partition coefficient (Wildman–Crippen LogP) is 2.69. The fraction of sp³-hybridized carbons (Fsp3) is 0.462. The number of hydrogen-bond donors (Lipinski definition) is 1. The second kappa shape index (κ2) is 5.67. The zero-order valence-corrected chi connectivity index (χ0v) is 10.8. The summed E-state index contributed by atoms with van der Waals surface area (Å²) in [5.41, 5.74) is 0.159. The van der Waals surface area contributed by atoms with Crippen molar-refractivity contribution < 1.29 is 13.9 Å². The van der Waals surface area contributed by atoms with Gasteiger partial charge in [-0.2, -0.15) is 0 Å². The van der Waals surface area contributed by atoms with E-state index in [0.29, 0.717) is 12.5 Å². The minimum Gasteiger partial charge on any atom is -0.468 e. The lowest BCUT2D eigenvalue weighted by Crippen LogP contribution is -2.32. The third-order valence-electron chi connectivity index (χ3n) is 3.03. The van der Waals surface area contributed by atoms with Crippen molar-refractivity contribution in [2.45, 2.75) is 18.9 Å². The molecule has 5 heteroatoms. The number of halogens is 2. The summed E-state index contributed by atoms with van der Waals surface area (Å²) >= 11 is 5.97. The van der Waals surface area contributed by atoms with Crippen LogP contribution in [0.25, 0.3) is 0 Å². The van der Waals surface area contributed by atoms with Crippen molar-refractivity contribution in [1.82, 2.24) is 5.32 Å². The molecule has 1 aliphatic carbocycles. The molecule has 0 aromatic heterocycles. The van der Waals surface area contributed by atoms with Gasteiger partial charge in [0.2, 0.25) is 0 Å². The van der Waals surface area contributed by atoms with Gasteiger partial charge in [-0.05, 0) is 37.4 Å². The van der Waals surface area contributed by atoms with Crippen LogP contribution >= 0.6 is 11.6 Å². The summed E-state index contributed by atoms with van der Waals surface area (Å²) in [5.74, 6) is -0.452. The monoisotopic (exact) mass is 271 g/mol. The van der Waals surface area contributed by atoms with E-state index in [4.69, 9.17) is 16.3 Å². The lowest BCUT2D eigenvalue weighted by atomic mass is 10.1. The summed E-state index contributed by atoms with van der Waals surface area (Å²) in [4.78, 5) is 11.7. The summed E-state index contributed by atoms with van der Waals surface area (Å²) in [6.45, 7) is 0.671. The molecule has 1 unspecified atom stereocenters. The molecule has 0 heterocycles.